The number of carbonyl (C=O) groups is 1. The van der Waals surface area contributed by atoms with E-state index in [4.69, 9.17) is 0 Å². The van der Waals surface area contributed by atoms with E-state index in [0.29, 0.717) is 28.4 Å². The summed E-state index contributed by atoms with van der Waals surface area (Å²) in [5, 5.41) is 10.5. The fourth-order valence-electron chi connectivity index (χ4n) is 6.99. The Labute approximate surface area is 148 Å². The van der Waals surface area contributed by atoms with Crippen LogP contribution >= 0.6 is 15.9 Å². The van der Waals surface area contributed by atoms with E-state index in [9.17, 15) is 9.90 Å². The molecule has 0 aromatic heterocycles. The lowest BCUT2D eigenvalue weighted by Crippen LogP contribution is -2.54. The molecule has 0 heterocycles. The largest absolute Gasteiger partial charge is 0.393 e. The molecular weight excluding hydrogens is 352 g/mol. The molecule has 0 aliphatic heterocycles. The van der Waals surface area contributed by atoms with Crippen molar-refractivity contribution in [3.8, 4) is 0 Å². The van der Waals surface area contributed by atoms with Crippen LogP contribution in [0.25, 0.3) is 0 Å². The van der Waals surface area contributed by atoms with Crippen LogP contribution in [0.15, 0.2) is 11.1 Å². The smallest absolute Gasteiger partial charge is 0.158 e. The Hall–Kier alpha value is -0.150. The first-order valence-corrected chi connectivity index (χ1v) is 10.3. The van der Waals surface area contributed by atoms with E-state index < -0.39 is 0 Å². The molecule has 3 saturated carbocycles. The summed E-state index contributed by atoms with van der Waals surface area (Å²) in [6.45, 7) is 6.81. The lowest BCUT2D eigenvalue weighted by atomic mass is 9.47. The Morgan fingerprint density at radius 1 is 1.13 bits per heavy atom. The van der Waals surface area contributed by atoms with E-state index in [1.807, 2.05) is 0 Å². The quantitative estimate of drug-likeness (QED) is 0.621. The Bertz CT molecular complexity index is 582. The van der Waals surface area contributed by atoms with Crippen molar-refractivity contribution in [1.29, 1.82) is 0 Å². The average Bonchev–Trinajstić information content (AvgIpc) is 2.79. The number of hydrogen-bond donors (Lipinski definition) is 1. The minimum absolute atomic E-state index is 0.110. The summed E-state index contributed by atoms with van der Waals surface area (Å²) in [6.07, 6.45) is 7.32. The van der Waals surface area contributed by atoms with Gasteiger partial charge in [0.1, 0.15) is 0 Å². The maximum atomic E-state index is 12.3. The Balaban J connectivity index is 1.76. The Morgan fingerprint density at radius 2 is 1.87 bits per heavy atom. The van der Waals surface area contributed by atoms with Gasteiger partial charge in [0.05, 0.1) is 6.10 Å². The third-order valence-corrected chi connectivity index (χ3v) is 9.14. The monoisotopic (exact) mass is 380 g/mol. The summed E-state index contributed by atoms with van der Waals surface area (Å²) in [7, 11) is 0. The van der Waals surface area contributed by atoms with Gasteiger partial charge in [-0.3, -0.25) is 4.79 Å². The molecule has 0 bridgehead atoms. The predicted molar refractivity (Wildman–Crippen MR) is 95.4 cm³/mol. The molecule has 0 saturated heterocycles. The van der Waals surface area contributed by atoms with Gasteiger partial charge in [0.15, 0.2) is 5.78 Å². The lowest BCUT2D eigenvalue weighted by Gasteiger charge is -2.59. The molecule has 4 aliphatic rings. The summed E-state index contributed by atoms with van der Waals surface area (Å²) in [6, 6.07) is 0. The van der Waals surface area contributed by atoms with Gasteiger partial charge in [-0.05, 0) is 85.2 Å². The lowest BCUT2D eigenvalue weighted by molar-refractivity contribution is -0.119. The van der Waals surface area contributed by atoms with Crippen molar-refractivity contribution in [3.63, 3.8) is 0 Å². The van der Waals surface area contributed by atoms with Crippen LogP contribution in [0, 0.1) is 28.6 Å². The van der Waals surface area contributed by atoms with Gasteiger partial charge in [0.2, 0.25) is 0 Å². The van der Waals surface area contributed by atoms with Crippen LogP contribution in [-0.2, 0) is 4.79 Å². The number of ketones is 1. The van der Waals surface area contributed by atoms with Gasteiger partial charge in [-0.1, -0.05) is 29.8 Å². The van der Waals surface area contributed by atoms with Gasteiger partial charge in [0, 0.05) is 11.2 Å². The molecule has 0 radical (unpaired) electrons. The van der Waals surface area contributed by atoms with E-state index in [2.05, 4.69) is 36.7 Å². The van der Waals surface area contributed by atoms with Crippen molar-refractivity contribution in [2.45, 2.75) is 76.6 Å². The molecule has 23 heavy (non-hydrogen) atoms. The number of Topliss-reactive ketones (excluding diaryl/α,β-unsaturated/α-hetero) is 1. The van der Waals surface area contributed by atoms with Crippen LogP contribution in [0.2, 0.25) is 0 Å². The molecule has 2 nitrogen and oxygen atoms in total. The van der Waals surface area contributed by atoms with Gasteiger partial charge in [-0.2, -0.15) is 0 Å². The van der Waals surface area contributed by atoms with E-state index in [-0.39, 0.29) is 16.9 Å². The van der Waals surface area contributed by atoms with Gasteiger partial charge in [0.25, 0.3) is 0 Å². The van der Waals surface area contributed by atoms with Crippen molar-refractivity contribution in [1.82, 2.24) is 0 Å². The number of aliphatic hydroxyl groups excluding tert-OH is 1. The molecule has 0 spiro atoms. The highest BCUT2D eigenvalue weighted by molar-refractivity contribution is 9.09. The maximum Gasteiger partial charge on any atom is 0.158 e. The third-order valence-electron chi connectivity index (χ3n) is 8.31. The number of rotatable bonds is 0. The predicted octanol–water partition coefficient (Wildman–Crippen LogP) is 4.64. The van der Waals surface area contributed by atoms with Crippen LogP contribution in [-0.4, -0.2) is 21.8 Å². The van der Waals surface area contributed by atoms with Gasteiger partial charge in [-0.25, -0.2) is 0 Å². The van der Waals surface area contributed by atoms with Crippen LogP contribution in [0.5, 0.6) is 0 Å². The molecule has 0 amide bonds. The second-order valence-electron chi connectivity index (χ2n) is 9.10. The topological polar surface area (TPSA) is 37.3 Å². The fourth-order valence-corrected chi connectivity index (χ4v) is 8.29. The van der Waals surface area contributed by atoms with Crippen LogP contribution in [0.3, 0.4) is 0 Å². The van der Waals surface area contributed by atoms with E-state index in [0.717, 1.165) is 37.7 Å². The van der Waals surface area contributed by atoms with E-state index in [1.165, 1.54) is 18.4 Å². The Kier molecular flexibility index (Phi) is 3.67. The first kappa shape index (κ1) is 16.3. The molecule has 0 aromatic rings. The highest BCUT2D eigenvalue weighted by atomic mass is 79.9. The minimum Gasteiger partial charge on any atom is -0.393 e. The number of alkyl halides is 1. The summed E-state index contributed by atoms with van der Waals surface area (Å²) in [5.41, 5.74) is 2.77. The summed E-state index contributed by atoms with van der Waals surface area (Å²) >= 11 is 3.95. The normalized spacial score (nSPS) is 52.9. The minimum atomic E-state index is -0.110. The highest BCUT2D eigenvalue weighted by Gasteiger charge is 2.60. The zero-order chi connectivity index (χ0) is 16.6. The number of carbonyl (C=O) groups excluding carboxylic acids is 1. The maximum absolute atomic E-state index is 12.3. The molecule has 0 aromatic carbocycles. The Morgan fingerprint density at radius 3 is 2.61 bits per heavy atom. The fraction of sp³-hybridized carbons (Fsp3) is 0.850. The van der Waals surface area contributed by atoms with Gasteiger partial charge in [-0.15, -0.1) is 0 Å². The SMILES string of the molecule is CC1=C2[C@H](Br)C[C@H]3[C@@H]4CC[C@H](O)[C@@]4(C)CC[C@@H]3[C@@]2(C)CCC1=O. The molecule has 0 unspecified atom stereocenters. The molecule has 4 rings (SSSR count). The first-order chi connectivity index (χ1) is 10.8. The molecule has 7 atom stereocenters. The van der Waals surface area contributed by atoms with Crippen molar-refractivity contribution >= 4 is 21.7 Å². The van der Waals surface area contributed by atoms with Crippen LogP contribution < -0.4 is 0 Å². The van der Waals surface area contributed by atoms with Crippen LogP contribution in [0.4, 0.5) is 0 Å². The molecule has 128 valence electrons. The highest BCUT2D eigenvalue weighted by Crippen LogP contribution is 2.66. The van der Waals surface area contributed by atoms with Gasteiger partial charge < -0.3 is 5.11 Å². The van der Waals surface area contributed by atoms with E-state index >= 15 is 0 Å². The number of hydrogen-bond acceptors (Lipinski definition) is 2. The molecule has 4 aliphatic carbocycles. The second-order valence-corrected chi connectivity index (χ2v) is 10.2. The number of allylic oxidation sites excluding steroid dienone is 1. The average molecular weight is 381 g/mol. The van der Waals surface area contributed by atoms with Crippen molar-refractivity contribution in [2.24, 2.45) is 28.6 Å². The van der Waals surface area contributed by atoms with Crippen molar-refractivity contribution in [2.75, 3.05) is 0 Å². The summed E-state index contributed by atoms with van der Waals surface area (Å²) < 4.78 is 0. The summed E-state index contributed by atoms with van der Waals surface area (Å²) in [5.74, 6) is 2.41. The number of fused-ring (bicyclic) bond motifs is 5. The van der Waals surface area contributed by atoms with Crippen molar-refractivity contribution < 1.29 is 9.90 Å². The van der Waals surface area contributed by atoms with Crippen LogP contribution in [0.1, 0.15) is 65.7 Å². The zero-order valence-electron chi connectivity index (χ0n) is 14.6. The van der Waals surface area contributed by atoms with Gasteiger partial charge >= 0.3 is 0 Å². The zero-order valence-corrected chi connectivity index (χ0v) is 16.2. The van der Waals surface area contributed by atoms with E-state index in [1.54, 1.807) is 0 Å². The molecule has 1 N–H and O–H groups in total. The summed E-state index contributed by atoms with van der Waals surface area (Å²) in [4.78, 5) is 12.6. The first-order valence-electron chi connectivity index (χ1n) is 9.35. The second kappa shape index (κ2) is 5.17. The van der Waals surface area contributed by atoms with Crippen molar-refractivity contribution in [3.05, 3.63) is 11.1 Å². The molecule has 3 fully saturated rings. The number of aliphatic hydroxyl groups is 1. The molecular formula is C20H29BrO2. The standard InChI is InChI=1S/C20H29BrO2/c1-11-16(22)7-9-20(3)14-6-8-19(2)13(4-5-17(19)23)12(14)10-15(21)18(11)20/h12-15,17,23H,4-10H2,1-3H3/t12-,13-,14-,15+,17-,19-,20+/m0/s1. The molecule has 3 heteroatoms. The number of halogens is 1. The third kappa shape index (κ3) is 2.05.